The first kappa shape index (κ1) is 92.6. The number of nitrogens with two attached hydrogens (primary N) is 3. The van der Waals surface area contributed by atoms with Gasteiger partial charge in [-0.25, -0.2) is 5.84 Å². The van der Waals surface area contributed by atoms with Crippen LogP contribution in [-0.4, -0.2) is 332 Å². The topological polar surface area (TPSA) is 549 Å². The van der Waals surface area contributed by atoms with Crippen molar-refractivity contribution in [2.75, 3.05) is 85.6 Å². The summed E-state index contributed by atoms with van der Waals surface area (Å²) in [7, 11) is 0. The number of amides is 2. The first-order chi connectivity index (χ1) is 52.1. The van der Waals surface area contributed by atoms with E-state index in [1.807, 2.05) is 17.1 Å². The van der Waals surface area contributed by atoms with Crippen LogP contribution in [0.15, 0.2) is 34.4 Å². The van der Waals surface area contributed by atoms with Gasteiger partial charge in [-0.1, -0.05) is 51.5 Å². The molecule has 0 bridgehead atoms. The molecule has 2 aromatic rings. The Hall–Kier alpha value is -5.22. The van der Waals surface area contributed by atoms with E-state index in [4.69, 9.17) is 60.3 Å². The fourth-order valence-electron chi connectivity index (χ4n) is 13.9. The molecule has 4 aliphatic heterocycles. The second-order valence-electron chi connectivity index (χ2n) is 30.3. The molecule has 0 spiro atoms. The lowest BCUT2D eigenvalue weighted by molar-refractivity contribution is -0.282. The van der Waals surface area contributed by atoms with Gasteiger partial charge in [0.25, 0.3) is 0 Å². The number of aliphatic hydroxyl groups excluding tert-OH is 12. The average molecular weight is 1560 g/mol. The Morgan fingerprint density at radius 1 is 0.569 bits per heavy atom. The summed E-state index contributed by atoms with van der Waals surface area (Å²) in [5, 5.41) is 151. The van der Waals surface area contributed by atoms with Crippen molar-refractivity contribution < 1.29 is 109 Å². The number of unbranched alkanes of at least 4 members (excludes halogenated alkanes) is 9. The number of hydrogen-bond donors (Lipinski definition) is 17. The summed E-state index contributed by atoms with van der Waals surface area (Å²) in [5.41, 5.74) is 9.14. The molecule has 0 aromatic carbocycles. The number of carbonyl (C=O) groups is 2. The molecule has 626 valence electrons. The Labute approximate surface area is 639 Å². The van der Waals surface area contributed by atoms with Gasteiger partial charge in [0, 0.05) is 141 Å². The van der Waals surface area contributed by atoms with Gasteiger partial charge in [-0.15, -0.1) is 10.2 Å². The van der Waals surface area contributed by atoms with E-state index in [1.165, 1.54) is 18.9 Å². The summed E-state index contributed by atoms with van der Waals surface area (Å²) in [6, 6.07) is -2.17. The van der Waals surface area contributed by atoms with Gasteiger partial charge in [-0.3, -0.25) is 33.7 Å². The number of hydrogen-bond acceptors (Lipinski definition) is 34. The fourth-order valence-corrected chi connectivity index (χ4v) is 13.9. The van der Waals surface area contributed by atoms with E-state index in [1.54, 1.807) is 30.9 Å². The number of nitrogens with zero attached hydrogens (tertiary/aromatic N) is 11. The number of rotatable bonds is 50. The smallest absolute Gasteiger partial charge is 0.217 e. The molecule has 20 N–H and O–H groups in total. The number of carbonyl (C=O) groups excluding carboxylic acids is 2. The molecule has 0 radical (unpaired) electrons. The van der Waals surface area contributed by atoms with E-state index in [9.17, 15) is 70.9 Å². The first-order valence-corrected chi connectivity index (χ1v) is 38.6. The van der Waals surface area contributed by atoms with E-state index in [2.05, 4.69) is 66.9 Å². The lowest BCUT2D eigenvalue weighted by atomic mass is 9.82. The molecule has 1 unspecified atom stereocenters. The third-order valence-corrected chi connectivity index (χ3v) is 20.1. The van der Waals surface area contributed by atoms with E-state index in [-0.39, 0.29) is 31.2 Å². The van der Waals surface area contributed by atoms with Crippen LogP contribution in [-0.2, 0) is 73.7 Å². The summed E-state index contributed by atoms with van der Waals surface area (Å²) >= 11 is 0. The molecule has 21 atom stereocenters. The Kier molecular flexibility index (Phi) is 40.9. The minimum absolute atomic E-state index is 0.0861. The number of nitrogens with one attached hydrogen (secondary N) is 2. The standard InChI is InChI=1S/C71H130N16O22/c1-44-59(94)61(96)52(40-88)106-67(44)102-28-18-8-13-23-75-32-49(78-73)37-84(33-48(72)34-85(74)25-14-9-19-30-104-69-57(76-46(3)92)65(100)63(98)54(42-90)108-69)56(71(5,6)7)22-12-17-24-83(35-50-38-86(81-79-50)26-15-10-20-29-103-68-45(2)60(95)62(97)53(41-89)107-68)36-51-39-87(82-80-51)27-16-11-21-31-105-70-58(77-47(4)93)66(101)64(99)55(43-91)109-70/h32,34,38-39,44-45,52-70,88-91,94-101H,8-31,33,35-37,40-43,72-74H2,1-7H3,(H,76,92)(H,77,93)/b48-34-,75-32?,78-49?/t44-,45-,52-,53-,54-,55-,56?,57-,58-,59-,60-,61+,62+,63+,64+,65-,66-,67-,68-,69-,70-/m1/s1. The van der Waals surface area contributed by atoms with E-state index >= 15 is 0 Å². The van der Waals surface area contributed by atoms with Crippen molar-refractivity contribution in [1.29, 1.82) is 0 Å². The molecule has 2 aromatic heterocycles. The van der Waals surface area contributed by atoms with Gasteiger partial charge < -0.3 is 126 Å². The van der Waals surface area contributed by atoms with Gasteiger partial charge in [-0.05, 0) is 102 Å². The lowest BCUT2D eigenvalue weighted by Gasteiger charge is -2.42. The molecule has 4 aliphatic rings. The van der Waals surface area contributed by atoms with Gasteiger partial charge in [-0.2, -0.15) is 5.10 Å². The van der Waals surface area contributed by atoms with E-state index < -0.39 is 161 Å². The van der Waals surface area contributed by atoms with Crippen LogP contribution >= 0.6 is 0 Å². The van der Waals surface area contributed by atoms with Gasteiger partial charge in [0.2, 0.25) is 11.8 Å². The molecule has 38 heteroatoms. The van der Waals surface area contributed by atoms with Gasteiger partial charge >= 0.3 is 0 Å². The maximum Gasteiger partial charge on any atom is 0.217 e. The van der Waals surface area contributed by atoms with Crippen molar-refractivity contribution in [3.05, 3.63) is 35.7 Å². The Morgan fingerprint density at radius 2 is 0.972 bits per heavy atom. The summed E-state index contributed by atoms with van der Waals surface area (Å²) in [5.74, 6) is 10.9. The molecule has 38 nitrogen and oxygen atoms in total. The van der Waals surface area contributed by atoms with Gasteiger partial charge in [0.15, 0.2) is 25.2 Å². The highest BCUT2D eigenvalue weighted by Crippen LogP contribution is 2.32. The van der Waals surface area contributed by atoms with Crippen molar-refractivity contribution in [3.8, 4) is 0 Å². The monoisotopic (exact) mass is 1560 g/mol. The first-order valence-electron chi connectivity index (χ1n) is 38.6. The normalized spacial score (nSPS) is 29.7. The van der Waals surface area contributed by atoms with Crippen LogP contribution in [0.2, 0.25) is 0 Å². The zero-order chi connectivity index (χ0) is 79.7. The zero-order valence-corrected chi connectivity index (χ0v) is 64.7. The minimum atomic E-state index is -1.43. The summed E-state index contributed by atoms with van der Waals surface area (Å²) < 4.78 is 50.1. The van der Waals surface area contributed by atoms with Gasteiger partial charge in [0.1, 0.15) is 73.1 Å². The minimum Gasteiger partial charge on any atom is -0.400 e. The number of aryl methyl sites for hydroxylation is 2. The lowest BCUT2D eigenvalue weighted by Crippen LogP contribution is -2.64. The summed E-state index contributed by atoms with van der Waals surface area (Å²) in [6.45, 7) is 15.9. The fraction of sp³-hybridized carbons (Fsp3) is 0.859. The molecule has 4 fully saturated rings. The maximum atomic E-state index is 11.9. The van der Waals surface area contributed by atoms with Crippen molar-refractivity contribution in [1.82, 2.24) is 55.4 Å². The van der Waals surface area contributed by atoms with Crippen LogP contribution in [0.3, 0.4) is 0 Å². The van der Waals surface area contributed by atoms with E-state index in [0.717, 1.165) is 69.2 Å². The van der Waals surface area contributed by atoms with E-state index in [0.29, 0.717) is 116 Å². The number of ether oxygens (including phenoxy) is 8. The second-order valence-corrected chi connectivity index (χ2v) is 30.3. The molecule has 109 heavy (non-hydrogen) atoms. The second kappa shape index (κ2) is 48.1. The van der Waals surface area contributed by atoms with Crippen LogP contribution in [0.1, 0.15) is 156 Å². The Bertz CT molecular complexity index is 2970. The van der Waals surface area contributed by atoms with Crippen molar-refractivity contribution in [3.63, 3.8) is 0 Å². The van der Waals surface area contributed by atoms with Crippen molar-refractivity contribution >= 4 is 23.7 Å². The summed E-state index contributed by atoms with van der Waals surface area (Å²) in [4.78, 5) is 33.1. The molecular formula is C71H130N16O22. The molecule has 6 heterocycles. The average Bonchev–Trinajstić information content (AvgIpc) is 1.09. The number of aromatic nitrogens is 6. The highest BCUT2D eigenvalue weighted by Gasteiger charge is 2.48. The highest BCUT2D eigenvalue weighted by molar-refractivity contribution is 6.31. The van der Waals surface area contributed by atoms with Crippen LogP contribution in [0.5, 0.6) is 0 Å². The predicted octanol–water partition coefficient (Wildman–Crippen LogP) is -3.09. The molecule has 0 saturated carbocycles. The Balaban J connectivity index is 1.09. The maximum absolute atomic E-state index is 11.9. The third kappa shape index (κ3) is 30.2. The molecule has 6 rings (SSSR count). The number of hydrazone groups is 1. The van der Waals surface area contributed by atoms with Crippen LogP contribution in [0, 0.1) is 17.3 Å². The number of hydrazine groups is 1. The van der Waals surface area contributed by atoms with Crippen molar-refractivity contribution in [2.24, 2.45) is 44.8 Å². The molecule has 4 saturated heterocycles. The van der Waals surface area contributed by atoms with Crippen LogP contribution in [0.4, 0.5) is 0 Å². The molecule has 2 amide bonds. The van der Waals surface area contributed by atoms with Crippen LogP contribution in [0.25, 0.3) is 0 Å². The zero-order valence-electron chi connectivity index (χ0n) is 64.7. The third-order valence-electron chi connectivity index (χ3n) is 20.1. The number of aliphatic hydroxyl groups is 12. The quantitative estimate of drug-likeness (QED) is 0.0135. The molecular weight excluding hydrogens is 1430 g/mol. The highest BCUT2D eigenvalue weighted by atomic mass is 16.7. The summed E-state index contributed by atoms with van der Waals surface area (Å²) in [6.07, 6.45) is -0.0819. The predicted molar refractivity (Wildman–Crippen MR) is 395 cm³/mol. The van der Waals surface area contributed by atoms with Crippen LogP contribution < -0.4 is 28.1 Å². The van der Waals surface area contributed by atoms with Crippen molar-refractivity contribution in [2.45, 2.75) is 287 Å². The van der Waals surface area contributed by atoms with Gasteiger partial charge in [0.05, 0.1) is 55.7 Å². The molecule has 0 aliphatic carbocycles. The SMILES string of the molecule is CC(=O)N[C@H]1[C@H](OCCCCCN(N)/C=C(\N)CN(CC(C=NCCCCCO[C@@H]2O[C@H](CO)[C@H](O)[C@H](O)[C@H]2C)=NN)C(CCCCN(Cc2cn(CCCCCO[C@@H]3O[C@H](CO)[C@H](O)[C@H](O)[C@H]3C)nn2)Cc2cn(CCCCCO[C@@H]3O[C@H](CO)[C@H](O)[C@H](O)[C@H]3NC(C)=O)nn2)C(C)(C)C)O[C@H](CO)[C@H](O)[C@@H]1O. The Morgan fingerprint density at radius 3 is 1.39 bits per heavy atom. The largest absolute Gasteiger partial charge is 0.400 e. The number of aliphatic imine (C=N–C) groups is 1.